The summed E-state index contributed by atoms with van der Waals surface area (Å²) in [6, 6.07) is 9.39. The van der Waals surface area contributed by atoms with Crippen LogP contribution in [-0.4, -0.2) is 17.6 Å². The van der Waals surface area contributed by atoms with E-state index in [1.807, 2.05) is 37.3 Å². The second-order valence-corrected chi connectivity index (χ2v) is 4.07. The highest BCUT2D eigenvalue weighted by atomic mass is 31.0. The SMILES string of the molecule is CCNC(=O)N1OC1(P)c1ccccc1. The van der Waals surface area contributed by atoms with E-state index in [0.29, 0.717) is 6.54 Å². The average molecular weight is 224 g/mol. The van der Waals surface area contributed by atoms with Gasteiger partial charge in [-0.15, -0.1) is 0 Å². The molecular formula is C10H13N2O2P. The second-order valence-electron chi connectivity index (χ2n) is 3.28. The summed E-state index contributed by atoms with van der Waals surface area (Å²) in [6.45, 7) is 2.46. The van der Waals surface area contributed by atoms with Gasteiger partial charge in [0.2, 0.25) is 5.47 Å². The molecule has 2 amide bonds. The molecule has 1 aromatic rings. The summed E-state index contributed by atoms with van der Waals surface area (Å²) in [5, 5.41) is 4.00. The largest absolute Gasteiger partial charge is 0.344 e. The molecule has 1 N–H and O–H groups in total. The van der Waals surface area contributed by atoms with Crippen molar-refractivity contribution in [3.05, 3.63) is 35.9 Å². The number of carbonyl (C=O) groups is 1. The number of hydrogen-bond donors (Lipinski definition) is 1. The first-order valence-corrected chi connectivity index (χ1v) is 5.38. The molecule has 15 heavy (non-hydrogen) atoms. The predicted molar refractivity (Wildman–Crippen MR) is 59.8 cm³/mol. The first-order valence-electron chi connectivity index (χ1n) is 4.80. The maximum Gasteiger partial charge on any atom is 0.344 e. The lowest BCUT2D eigenvalue weighted by Crippen LogP contribution is -2.30. The highest BCUT2D eigenvalue weighted by Gasteiger charge is 2.56. The van der Waals surface area contributed by atoms with Crippen molar-refractivity contribution >= 4 is 15.3 Å². The minimum absolute atomic E-state index is 0.212. The van der Waals surface area contributed by atoms with Crippen LogP contribution in [0.4, 0.5) is 4.79 Å². The standard InChI is InChI=1S/C10H13N2O2P/c1-2-11-9(13)12-10(15,14-12)8-6-4-3-5-7-8/h3-7H,2,15H2,1H3,(H,11,13). The van der Waals surface area contributed by atoms with Gasteiger partial charge >= 0.3 is 6.03 Å². The Morgan fingerprint density at radius 3 is 2.80 bits per heavy atom. The van der Waals surface area contributed by atoms with Gasteiger partial charge in [-0.05, 0) is 6.92 Å². The fraction of sp³-hybridized carbons (Fsp3) is 0.300. The van der Waals surface area contributed by atoms with Crippen LogP contribution >= 0.6 is 9.24 Å². The van der Waals surface area contributed by atoms with Crippen molar-refractivity contribution in [2.45, 2.75) is 12.4 Å². The zero-order valence-electron chi connectivity index (χ0n) is 8.43. The summed E-state index contributed by atoms with van der Waals surface area (Å²) >= 11 is 0. The van der Waals surface area contributed by atoms with Gasteiger partial charge in [0.1, 0.15) is 0 Å². The van der Waals surface area contributed by atoms with Crippen molar-refractivity contribution < 1.29 is 9.63 Å². The van der Waals surface area contributed by atoms with E-state index in [1.165, 1.54) is 5.06 Å². The lowest BCUT2D eigenvalue weighted by molar-refractivity contribution is 0.177. The van der Waals surface area contributed by atoms with Gasteiger partial charge in [0.25, 0.3) is 0 Å². The Balaban J connectivity index is 2.10. The molecule has 1 saturated heterocycles. The van der Waals surface area contributed by atoms with Gasteiger partial charge in [-0.1, -0.05) is 39.6 Å². The van der Waals surface area contributed by atoms with Crippen molar-refractivity contribution in [1.29, 1.82) is 0 Å². The number of hydrogen-bond acceptors (Lipinski definition) is 2. The van der Waals surface area contributed by atoms with E-state index >= 15 is 0 Å². The van der Waals surface area contributed by atoms with Crippen molar-refractivity contribution in [1.82, 2.24) is 10.4 Å². The Hall–Kier alpha value is -1.12. The molecule has 2 unspecified atom stereocenters. The summed E-state index contributed by atoms with van der Waals surface area (Å²) in [5.74, 6) is 0. The maximum atomic E-state index is 11.5. The Morgan fingerprint density at radius 1 is 1.53 bits per heavy atom. The minimum Gasteiger partial charge on any atom is -0.336 e. The van der Waals surface area contributed by atoms with Crippen molar-refractivity contribution in [3.63, 3.8) is 0 Å². The third kappa shape index (κ3) is 1.83. The van der Waals surface area contributed by atoms with E-state index in [1.54, 1.807) is 0 Å². The third-order valence-corrected chi connectivity index (χ3v) is 2.87. The van der Waals surface area contributed by atoms with E-state index in [-0.39, 0.29) is 6.03 Å². The summed E-state index contributed by atoms with van der Waals surface area (Å²) in [4.78, 5) is 16.8. The molecule has 5 heteroatoms. The van der Waals surface area contributed by atoms with E-state index in [4.69, 9.17) is 4.84 Å². The zero-order chi connectivity index (χ0) is 10.9. The van der Waals surface area contributed by atoms with Gasteiger partial charge in [0, 0.05) is 12.1 Å². The number of urea groups is 1. The first kappa shape index (κ1) is 10.4. The molecule has 1 aliphatic heterocycles. The van der Waals surface area contributed by atoms with Crippen LogP contribution in [0.15, 0.2) is 30.3 Å². The summed E-state index contributed by atoms with van der Waals surface area (Å²) < 4.78 is 0. The number of nitrogens with one attached hydrogen (secondary N) is 1. The van der Waals surface area contributed by atoms with Crippen molar-refractivity contribution in [2.75, 3.05) is 6.54 Å². The van der Waals surface area contributed by atoms with E-state index < -0.39 is 5.47 Å². The summed E-state index contributed by atoms with van der Waals surface area (Å²) in [5.41, 5.74) is 0.266. The molecule has 1 aliphatic rings. The lowest BCUT2D eigenvalue weighted by atomic mass is 10.2. The molecule has 0 bridgehead atoms. The van der Waals surface area contributed by atoms with Crippen LogP contribution in [0, 0.1) is 0 Å². The van der Waals surface area contributed by atoms with Crippen LogP contribution in [0.5, 0.6) is 0 Å². The van der Waals surface area contributed by atoms with Gasteiger partial charge in [-0.25, -0.2) is 9.63 Å². The van der Waals surface area contributed by atoms with Gasteiger partial charge in [0.05, 0.1) is 0 Å². The average Bonchev–Trinajstić information content (AvgIpc) is 2.94. The number of carbonyl (C=O) groups excluding carboxylic acids is 1. The van der Waals surface area contributed by atoms with Crippen LogP contribution in [0.2, 0.25) is 0 Å². The molecule has 1 aromatic carbocycles. The van der Waals surface area contributed by atoms with E-state index in [9.17, 15) is 4.79 Å². The molecule has 2 rings (SSSR count). The Labute approximate surface area is 90.8 Å². The zero-order valence-corrected chi connectivity index (χ0v) is 9.59. The maximum absolute atomic E-state index is 11.5. The molecule has 80 valence electrons. The Morgan fingerprint density at radius 2 is 2.20 bits per heavy atom. The Bertz CT molecular complexity index is 371. The first-order chi connectivity index (χ1) is 7.18. The molecule has 0 spiro atoms. The molecule has 0 saturated carbocycles. The molecule has 1 fully saturated rings. The van der Waals surface area contributed by atoms with Gasteiger partial charge in [0.15, 0.2) is 0 Å². The second kappa shape index (κ2) is 3.80. The van der Waals surface area contributed by atoms with E-state index in [0.717, 1.165) is 5.56 Å². The van der Waals surface area contributed by atoms with Crippen LogP contribution in [0.1, 0.15) is 12.5 Å². The van der Waals surface area contributed by atoms with Crippen LogP contribution in [0.25, 0.3) is 0 Å². The molecular weight excluding hydrogens is 211 g/mol. The minimum atomic E-state index is -0.680. The van der Waals surface area contributed by atoms with Crippen LogP contribution < -0.4 is 5.32 Å². The summed E-state index contributed by atoms with van der Waals surface area (Å²) in [6.07, 6.45) is 0. The predicted octanol–water partition coefficient (Wildman–Crippen LogP) is 1.65. The lowest BCUT2D eigenvalue weighted by Gasteiger charge is -2.06. The summed E-state index contributed by atoms with van der Waals surface area (Å²) in [7, 11) is 2.54. The number of benzene rings is 1. The third-order valence-electron chi connectivity index (χ3n) is 2.20. The molecule has 0 aromatic heterocycles. The van der Waals surface area contributed by atoms with Crippen LogP contribution in [-0.2, 0) is 10.3 Å². The molecule has 2 atom stereocenters. The topological polar surface area (TPSA) is 44.6 Å². The molecule has 0 aliphatic carbocycles. The highest BCUT2D eigenvalue weighted by molar-refractivity contribution is 7.18. The highest BCUT2D eigenvalue weighted by Crippen LogP contribution is 2.50. The van der Waals surface area contributed by atoms with Crippen molar-refractivity contribution in [2.24, 2.45) is 0 Å². The smallest absolute Gasteiger partial charge is 0.336 e. The molecule has 0 radical (unpaired) electrons. The van der Waals surface area contributed by atoms with Crippen molar-refractivity contribution in [3.8, 4) is 0 Å². The molecule has 1 heterocycles. The quantitative estimate of drug-likeness (QED) is 0.613. The van der Waals surface area contributed by atoms with Gasteiger partial charge < -0.3 is 5.32 Å². The fourth-order valence-electron chi connectivity index (χ4n) is 1.38. The molecule has 4 nitrogen and oxygen atoms in total. The van der Waals surface area contributed by atoms with Crippen LogP contribution in [0.3, 0.4) is 0 Å². The monoisotopic (exact) mass is 224 g/mol. The number of nitrogens with zero attached hydrogens (tertiary/aromatic N) is 1. The number of hydroxylamine groups is 2. The van der Waals surface area contributed by atoms with Gasteiger partial charge in [-0.3, -0.25) is 0 Å². The fourth-order valence-corrected chi connectivity index (χ4v) is 1.80. The van der Waals surface area contributed by atoms with Gasteiger partial charge in [-0.2, -0.15) is 5.06 Å². The van der Waals surface area contributed by atoms with E-state index in [2.05, 4.69) is 14.6 Å². The Kier molecular flexibility index (Phi) is 2.63. The normalized spacial score (nSPS) is 23.7. The number of rotatable bonds is 2. The number of amides is 2.